The number of halogens is 1. The smallest absolute Gasteiger partial charge is 0.326 e. The van der Waals surface area contributed by atoms with Crippen LogP contribution < -0.4 is 10.2 Å². The average Bonchev–Trinajstić information content (AvgIpc) is 3.56. The molecule has 1 atom stereocenters. The topological polar surface area (TPSA) is 140 Å². The van der Waals surface area contributed by atoms with Crippen molar-refractivity contribution in [1.29, 1.82) is 5.26 Å². The summed E-state index contributed by atoms with van der Waals surface area (Å²) in [6.45, 7) is 5.20. The molecule has 4 aromatic heterocycles. The average molecular weight is 710 g/mol. The van der Waals surface area contributed by atoms with Gasteiger partial charge in [-0.2, -0.15) is 5.26 Å². The molecule has 1 aliphatic heterocycles. The van der Waals surface area contributed by atoms with Crippen molar-refractivity contribution in [1.82, 2.24) is 19.5 Å². The van der Waals surface area contributed by atoms with Crippen LogP contribution in [-0.4, -0.2) is 48.3 Å². The number of nitrogens with zero attached hydrogens (tertiary/aromatic N) is 6. The summed E-state index contributed by atoms with van der Waals surface area (Å²) < 4.78 is 1.89. The molecule has 3 N–H and O–H groups in total. The van der Waals surface area contributed by atoms with Crippen LogP contribution in [0.15, 0.2) is 85.6 Å². The van der Waals surface area contributed by atoms with E-state index in [4.69, 9.17) is 16.6 Å². The van der Waals surface area contributed by atoms with Gasteiger partial charge in [0.2, 0.25) is 0 Å². The maximum atomic E-state index is 11.9. The van der Waals surface area contributed by atoms with Crippen LogP contribution in [0.5, 0.6) is 5.75 Å². The van der Waals surface area contributed by atoms with Crippen molar-refractivity contribution in [3.05, 3.63) is 124 Å². The predicted octanol–water partition coefficient (Wildman–Crippen LogP) is 8.75. The monoisotopic (exact) mass is 709 g/mol. The van der Waals surface area contributed by atoms with E-state index in [9.17, 15) is 20.3 Å². The van der Waals surface area contributed by atoms with E-state index in [0.29, 0.717) is 41.6 Å². The first kappa shape index (κ1) is 34.3. The summed E-state index contributed by atoms with van der Waals surface area (Å²) >= 11 is 6.76. The van der Waals surface area contributed by atoms with Gasteiger partial charge in [0.1, 0.15) is 23.4 Å². The van der Waals surface area contributed by atoms with Crippen molar-refractivity contribution in [2.45, 2.75) is 45.7 Å². The van der Waals surface area contributed by atoms with Crippen molar-refractivity contribution in [2.75, 3.05) is 16.8 Å². The number of carboxylic acid groups (broad SMARTS) is 1. The van der Waals surface area contributed by atoms with E-state index in [1.54, 1.807) is 30.7 Å². The minimum atomic E-state index is -0.824. The first-order chi connectivity index (χ1) is 25.2. The molecular formula is C41H36ClN7O3. The summed E-state index contributed by atoms with van der Waals surface area (Å²) in [7, 11) is 0. The summed E-state index contributed by atoms with van der Waals surface area (Å²) in [5.74, 6) is 0.00501. The van der Waals surface area contributed by atoms with Gasteiger partial charge < -0.3 is 25.0 Å². The van der Waals surface area contributed by atoms with E-state index in [1.165, 1.54) is 0 Å². The van der Waals surface area contributed by atoms with Gasteiger partial charge in [-0.15, -0.1) is 0 Å². The third kappa shape index (κ3) is 6.91. The molecule has 52 heavy (non-hydrogen) atoms. The molecule has 1 fully saturated rings. The highest BCUT2D eigenvalue weighted by molar-refractivity contribution is 6.32. The minimum Gasteiger partial charge on any atom is -0.506 e. The molecule has 10 nitrogen and oxygen atoms in total. The molecule has 1 aliphatic rings. The van der Waals surface area contributed by atoms with Crippen molar-refractivity contribution in [3.63, 3.8) is 0 Å². The van der Waals surface area contributed by atoms with E-state index >= 15 is 0 Å². The molecule has 0 amide bonds. The van der Waals surface area contributed by atoms with E-state index in [0.717, 1.165) is 68.5 Å². The Bertz CT molecular complexity index is 2400. The Hall–Kier alpha value is -6.18. The predicted molar refractivity (Wildman–Crippen MR) is 205 cm³/mol. The van der Waals surface area contributed by atoms with Gasteiger partial charge in [0.05, 0.1) is 11.3 Å². The number of piperidine rings is 1. The molecule has 11 heteroatoms. The van der Waals surface area contributed by atoms with Gasteiger partial charge in [0.15, 0.2) is 5.82 Å². The molecule has 5 heterocycles. The lowest BCUT2D eigenvalue weighted by Crippen LogP contribution is -2.45. The van der Waals surface area contributed by atoms with E-state index in [2.05, 4.69) is 27.4 Å². The summed E-state index contributed by atoms with van der Waals surface area (Å²) in [5, 5.41) is 34.8. The minimum absolute atomic E-state index is 0.219. The standard InChI is InChI=1S/C41H36ClN7O3/c1-25-18-28(34(42)20-38(25)49-16-4-3-8-37(49)41(51)52)9-10-36-33(21-43)32(12-15-44-36)31-6-5-7-35(26(31)2)47-40-39-29(11-14-45-40)19-27(22-46-39)23-48-17-13-30(50)24-48/h5-7,9-15,17-20,22,24,37,50H,3-4,8,16,23H2,1-2H3,(H,45,47)(H,51,52)/b10-9+/t37-/m0/s1. The molecule has 0 bridgehead atoms. The molecular weight excluding hydrogens is 674 g/mol. The van der Waals surface area contributed by atoms with Gasteiger partial charge >= 0.3 is 5.97 Å². The fraction of sp³-hybridized carbons (Fsp3) is 0.195. The Morgan fingerprint density at radius 1 is 1.06 bits per heavy atom. The maximum Gasteiger partial charge on any atom is 0.326 e. The Balaban J connectivity index is 1.16. The quantitative estimate of drug-likeness (QED) is 0.134. The number of aromatic nitrogens is 4. The van der Waals surface area contributed by atoms with Crippen LogP contribution in [-0.2, 0) is 11.3 Å². The number of carbonyl (C=O) groups is 1. The molecule has 0 saturated carbocycles. The van der Waals surface area contributed by atoms with Crippen LogP contribution in [0.2, 0.25) is 5.02 Å². The second-order valence-corrected chi connectivity index (χ2v) is 13.4. The zero-order valence-electron chi connectivity index (χ0n) is 28.7. The Kier molecular flexibility index (Phi) is 9.61. The Morgan fingerprint density at radius 2 is 1.90 bits per heavy atom. The highest BCUT2D eigenvalue weighted by Crippen LogP contribution is 2.36. The van der Waals surface area contributed by atoms with E-state index < -0.39 is 12.0 Å². The van der Waals surface area contributed by atoms with Crippen LogP contribution in [0.25, 0.3) is 34.2 Å². The highest BCUT2D eigenvalue weighted by Gasteiger charge is 2.29. The van der Waals surface area contributed by atoms with Gasteiger partial charge in [-0.1, -0.05) is 29.8 Å². The van der Waals surface area contributed by atoms with Crippen molar-refractivity contribution >= 4 is 57.8 Å². The number of nitriles is 1. The number of aryl methyl sites for hydroxylation is 1. The third-order valence-corrected chi connectivity index (χ3v) is 9.89. The largest absolute Gasteiger partial charge is 0.506 e. The molecule has 1 saturated heterocycles. The lowest BCUT2D eigenvalue weighted by atomic mass is 9.94. The fourth-order valence-corrected chi connectivity index (χ4v) is 7.15. The summed E-state index contributed by atoms with van der Waals surface area (Å²) in [6.07, 6.45) is 14.8. The first-order valence-electron chi connectivity index (χ1n) is 17.0. The molecule has 6 aromatic rings. The van der Waals surface area contributed by atoms with E-state index in [-0.39, 0.29) is 5.75 Å². The Labute approximate surface area is 306 Å². The lowest BCUT2D eigenvalue weighted by Gasteiger charge is -2.36. The second-order valence-electron chi connectivity index (χ2n) is 13.0. The number of nitrogens with one attached hydrogen (secondary N) is 1. The van der Waals surface area contributed by atoms with Crippen molar-refractivity contribution in [2.24, 2.45) is 0 Å². The van der Waals surface area contributed by atoms with Crippen molar-refractivity contribution < 1.29 is 15.0 Å². The number of pyridine rings is 3. The Morgan fingerprint density at radius 3 is 2.69 bits per heavy atom. The zero-order chi connectivity index (χ0) is 36.4. The number of aliphatic carboxylic acids is 1. The summed E-state index contributed by atoms with van der Waals surface area (Å²) in [6, 6.07) is 18.9. The highest BCUT2D eigenvalue weighted by atomic mass is 35.5. The second kappa shape index (κ2) is 14.6. The maximum absolute atomic E-state index is 11.9. The molecule has 7 rings (SSSR count). The number of carboxylic acids is 1. The van der Waals surface area contributed by atoms with Crippen LogP contribution in [0.1, 0.15) is 52.8 Å². The summed E-state index contributed by atoms with van der Waals surface area (Å²) in [5.41, 5.74) is 8.50. The number of hydrogen-bond donors (Lipinski definition) is 3. The molecule has 0 unspecified atom stereocenters. The molecule has 260 valence electrons. The van der Waals surface area contributed by atoms with Crippen LogP contribution in [0.3, 0.4) is 0 Å². The number of hydrogen-bond acceptors (Lipinski definition) is 8. The van der Waals surface area contributed by atoms with Crippen LogP contribution in [0.4, 0.5) is 17.2 Å². The lowest BCUT2D eigenvalue weighted by molar-refractivity contribution is -0.139. The normalized spacial score (nSPS) is 14.5. The molecule has 2 aromatic carbocycles. The van der Waals surface area contributed by atoms with Gasteiger partial charge in [-0.05, 0) is 109 Å². The molecule has 0 spiro atoms. The number of anilines is 3. The number of rotatable bonds is 9. The van der Waals surface area contributed by atoms with Gasteiger partial charge in [-0.3, -0.25) is 9.97 Å². The molecule has 0 aliphatic carbocycles. The number of benzene rings is 2. The number of aromatic hydroxyl groups is 1. The van der Waals surface area contributed by atoms with Gasteiger partial charge in [0, 0.05) is 71.4 Å². The van der Waals surface area contributed by atoms with Crippen LogP contribution in [0, 0.1) is 25.2 Å². The first-order valence-corrected chi connectivity index (χ1v) is 17.4. The fourth-order valence-electron chi connectivity index (χ4n) is 6.93. The third-order valence-electron chi connectivity index (χ3n) is 9.56. The van der Waals surface area contributed by atoms with Crippen molar-refractivity contribution in [3.8, 4) is 22.9 Å². The number of fused-ring (bicyclic) bond motifs is 1. The molecule has 0 radical (unpaired) electrons. The van der Waals surface area contributed by atoms with Gasteiger partial charge in [0.25, 0.3) is 0 Å². The summed E-state index contributed by atoms with van der Waals surface area (Å²) in [4.78, 5) is 27.7. The zero-order valence-corrected chi connectivity index (χ0v) is 29.5. The van der Waals surface area contributed by atoms with Crippen LogP contribution >= 0.6 is 11.6 Å². The SMILES string of the molecule is Cc1cc(/C=C/c2nccc(-c3cccc(Nc4nccc5cc(Cn6ccc(O)c6)cnc45)c3C)c2C#N)c(Cl)cc1N1CCCC[C@H]1C(=O)O. The van der Waals surface area contributed by atoms with E-state index in [1.807, 2.05) is 84.2 Å². The van der Waals surface area contributed by atoms with Gasteiger partial charge in [-0.25, -0.2) is 9.78 Å².